The van der Waals surface area contributed by atoms with Crippen molar-refractivity contribution in [1.29, 1.82) is 0 Å². The van der Waals surface area contributed by atoms with E-state index in [0.29, 0.717) is 5.92 Å². The van der Waals surface area contributed by atoms with Crippen LogP contribution in [0.1, 0.15) is 67.0 Å². The monoisotopic (exact) mass is 376 g/mol. The second-order valence-electron chi connectivity index (χ2n) is 8.65. The zero-order chi connectivity index (χ0) is 19.5. The number of furan rings is 1. The fourth-order valence-electron chi connectivity index (χ4n) is 5.26. The van der Waals surface area contributed by atoms with Crippen molar-refractivity contribution in [2.75, 3.05) is 0 Å². The number of hydrogen-bond donors (Lipinski definition) is 0. The highest BCUT2D eigenvalue weighted by molar-refractivity contribution is 5.86. The molecule has 2 aromatic heterocycles. The van der Waals surface area contributed by atoms with Crippen molar-refractivity contribution < 1.29 is 13.9 Å². The van der Waals surface area contributed by atoms with Gasteiger partial charge in [0, 0.05) is 11.0 Å². The molecule has 1 fully saturated rings. The lowest BCUT2D eigenvalue weighted by Crippen LogP contribution is -2.33. The van der Waals surface area contributed by atoms with Crippen molar-refractivity contribution in [3.63, 3.8) is 0 Å². The van der Waals surface area contributed by atoms with Crippen LogP contribution >= 0.6 is 0 Å². The first-order valence-electron chi connectivity index (χ1n) is 9.82. The Morgan fingerprint density at radius 3 is 2.71 bits per heavy atom. The van der Waals surface area contributed by atoms with E-state index in [1.54, 1.807) is 12.1 Å². The van der Waals surface area contributed by atoms with Gasteiger partial charge in [0.05, 0.1) is 17.6 Å². The molecule has 0 unspecified atom stereocenters. The van der Waals surface area contributed by atoms with E-state index >= 15 is 0 Å². The lowest BCUT2D eigenvalue weighted by molar-refractivity contribution is 0.0429. The van der Waals surface area contributed by atoms with E-state index in [1.165, 1.54) is 17.5 Å². The van der Waals surface area contributed by atoms with Gasteiger partial charge in [0.1, 0.15) is 12.3 Å². The van der Waals surface area contributed by atoms with Crippen LogP contribution in [0, 0.1) is 5.41 Å². The van der Waals surface area contributed by atoms with Crippen molar-refractivity contribution in [2.24, 2.45) is 5.41 Å². The summed E-state index contributed by atoms with van der Waals surface area (Å²) in [5, 5.41) is 4.92. The maximum atomic E-state index is 12.3. The summed E-state index contributed by atoms with van der Waals surface area (Å²) in [4.78, 5) is 12.3. The van der Waals surface area contributed by atoms with E-state index in [2.05, 4.69) is 37.6 Å². The molecule has 2 atom stereocenters. The maximum absolute atomic E-state index is 12.3. The number of carbonyl (C=O) groups is 1. The molecule has 0 aliphatic heterocycles. The highest BCUT2D eigenvalue weighted by Gasteiger charge is 2.62. The van der Waals surface area contributed by atoms with Gasteiger partial charge in [0.15, 0.2) is 0 Å². The Morgan fingerprint density at radius 2 is 2.00 bits per heavy atom. The molecule has 0 amide bonds. The van der Waals surface area contributed by atoms with Crippen molar-refractivity contribution in [3.8, 4) is 5.69 Å². The topological polar surface area (TPSA) is 57.3 Å². The number of ether oxygens (including phenoxy) is 1. The van der Waals surface area contributed by atoms with Gasteiger partial charge in [-0.15, -0.1) is 0 Å². The van der Waals surface area contributed by atoms with Gasteiger partial charge in [0.2, 0.25) is 5.76 Å². The predicted octanol–water partition coefficient (Wildman–Crippen LogP) is 5.00. The van der Waals surface area contributed by atoms with Crippen LogP contribution < -0.4 is 0 Å². The standard InChI is InChI=1S/C23H24N2O3/c1-22(2)16-11-12-23(22,3)20-19(16)17(14-28-21(26)18-10-7-13-27-18)24-25(20)15-8-5-4-6-9-15/h4-10,13,16H,11-12,14H2,1-3H3/t16-,23-/m0/s1. The van der Waals surface area contributed by atoms with Gasteiger partial charge in [-0.3, -0.25) is 0 Å². The zero-order valence-electron chi connectivity index (χ0n) is 16.4. The molecule has 2 heterocycles. The molecule has 2 bridgehead atoms. The summed E-state index contributed by atoms with van der Waals surface area (Å²) in [5.74, 6) is 0.192. The van der Waals surface area contributed by atoms with Gasteiger partial charge in [0.25, 0.3) is 0 Å². The average molecular weight is 376 g/mol. The smallest absolute Gasteiger partial charge is 0.374 e. The van der Waals surface area contributed by atoms with E-state index in [0.717, 1.165) is 24.2 Å². The minimum absolute atomic E-state index is 0.0547. The first-order chi connectivity index (χ1) is 13.4. The molecule has 5 rings (SSSR count). The van der Waals surface area contributed by atoms with Crippen molar-refractivity contribution >= 4 is 5.97 Å². The fourth-order valence-corrected chi connectivity index (χ4v) is 5.26. The first-order valence-corrected chi connectivity index (χ1v) is 9.82. The molecule has 5 nitrogen and oxygen atoms in total. The summed E-state index contributed by atoms with van der Waals surface area (Å²) in [5.41, 5.74) is 4.67. The van der Waals surface area contributed by atoms with Gasteiger partial charge < -0.3 is 9.15 Å². The second kappa shape index (κ2) is 5.84. The molecule has 0 spiro atoms. The minimum Gasteiger partial charge on any atom is -0.457 e. The number of carbonyl (C=O) groups excluding carboxylic acids is 1. The lowest BCUT2D eigenvalue weighted by Gasteiger charge is -2.35. The van der Waals surface area contributed by atoms with E-state index in [4.69, 9.17) is 14.3 Å². The third kappa shape index (κ3) is 2.19. The van der Waals surface area contributed by atoms with Gasteiger partial charge in [-0.2, -0.15) is 5.10 Å². The Morgan fingerprint density at radius 1 is 1.21 bits per heavy atom. The molecule has 1 saturated carbocycles. The fraction of sp³-hybridized carbons (Fsp3) is 0.391. The summed E-state index contributed by atoms with van der Waals surface area (Å²) in [6.45, 7) is 7.24. The van der Waals surface area contributed by atoms with Gasteiger partial charge >= 0.3 is 5.97 Å². The summed E-state index contributed by atoms with van der Waals surface area (Å²) in [6, 6.07) is 13.5. The second-order valence-corrected chi connectivity index (χ2v) is 8.65. The summed E-state index contributed by atoms with van der Waals surface area (Å²) in [7, 11) is 0. The Balaban J connectivity index is 1.58. The Bertz CT molecular complexity index is 1030. The number of hydrogen-bond acceptors (Lipinski definition) is 4. The van der Waals surface area contributed by atoms with Crippen LogP contribution in [0.2, 0.25) is 0 Å². The van der Waals surface area contributed by atoms with Gasteiger partial charge in [-0.05, 0) is 48.4 Å². The molecule has 5 heteroatoms. The molecule has 0 N–H and O–H groups in total. The number of benzene rings is 1. The molecule has 2 aliphatic rings. The first kappa shape index (κ1) is 17.3. The predicted molar refractivity (Wildman–Crippen MR) is 104 cm³/mol. The van der Waals surface area contributed by atoms with E-state index in [9.17, 15) is 4.79 Å². The molecule has 3 aromatic rings. The largest absolute Gasteiger partial charge is 0.457 e. The maximum Gasteiger partial charge on any atom is 0.374 e. The molecule has 0 radical (unpaired) electrons. The summed E-state index contributed by atoms with van der Waals surface area (Å²) < 4.78 is 12.8. The highest BCUT2D eigenvalue weighted by Crippen LogP contribution is 2.68. The quantitative estimate of drug-likeness (QED) is 0.602. The van der Waals surface area contributed by atoms with Crippen molar-refractivity contribution in [1.82, 2.24) is 9.78 Å². The van der Waals surface area contributed by atoms with Crippen LogP contribution in [-0.4, -0.2) is 15.7 Å². The zero-order valence-corrected chi connectivity index (χ0v) is 16.4. The van der Waals surface area contributed by atoms with Crippen molar-refractivity contribution in [3.05, 3.63) is 71.4 Å². The number of esters is 1. The van der Waals surface area contributed by atoms with E-state index in [1.807, 2.05) is 18.2 Å². The average Bonchev–Trinajstić information content (AvgIpc) is 3.42. The summed E-state index contributed by atoms with van der Waals surface area (Å²) in [6.07, 6.45) is 3.78. The molecule has 1 aromatic carbocycles. The van der Waals surface area contributed by atoms with Crippen LogP contribution in [0.5, 0.6) is 0 Å². The number of fused-ring (bicyclic) bond motifs is 5. The van der Waals surface area contributed by atoms with Crippen LogP contribution in [0.25, 0.3) is 5.69 Å². The van der Waals surface area contributed by atoms with Crippen LogP contribution in [0.15, 0.2) is 53.1 Å². The van der Waals surface area contributed by atoms with Crippen LogP contribution in [-0.2, 0) is 16.8 Å². The third-order valence-corrected chi connectivity index (χ3v) is 7.16. The number of rotatable bonds is 4. The third-order valence-electron chi connectivity index (χ3n) is 7.16. The van der Waals surface area contributed by atoms with Gasteiger partial charge in [-0.25, -0.2) is 9.48 Å². The molecule has 28 heavy (non-hydrogen) atoms. The normalized spacial score (nSPS) is 24.3. The molecular formula is C23H24N2O3. The Labute approximate surface area is 164 Å². The van der Waals surface area contributed by atoms with E-state index in [-0.39, 0.29) is 23.2 Å². The molecular weight excluding hydrogens is 352 g/mol. The molecule has 144 valence electrons. The highest BCUT2D eigenvalue weighted by atomic mass is 16.5. The number of aromatic nitrogens is 2. The van der Waals surface area contributed by atoms with Crippen molar-refractivity contribution in [2.45, 2.75) is 51.6 Å². The van der Waals surface area contributed by atoms with Gasteiger partial charge in [-0.1, -0.05) is 39.0 Å². The van der Waals surface area contributed by atoms with Crippen LogP contribution in [0.3, 0.4) is 0 Å². The number of nitrogens with zero attached hydrogens (tertiary/aromatic N) is 2. The lowest BCUT2D eigenvalue weighted by atomic mass is 9.70. The summed E-state index contributed by atoms with van der Waals surface area (Å²) >= 11 is 0. The minimum atomic E-state index is -0.457. The SMILES string of the molecule is CC1(C)[C@H]2CC[C@@]1(C)c1c2c(COC(=O)c2ccco2)nn1-c1ccccc1. The van der Waals surface area contributed by atoms with Crippen LogP contribution in [0.4, 0.5) is 0 Å². The molecule has 0 saturated heterocycles. The Hall–Kier alpha value is -2.82. The van der Waals surface area contributed by atoms with E-state index < -0.39 is 5.97 Å². The molecule has 2 aliphatic carbocycles. The Kier molecular flexibility index (Phi) is 3.60. The number of para-hydroxylation sites is 1.